The van der Waals surface area contributed by atoms with Gasteiger partial charge in [0.15, 0.2) is 0 Å². The van der Waals surface area contributed by atoms with Gasteiger partial charge in [-0.2, -0.15) is 0 Å². The summed E-state index contributed by atoms with van der Waals surface area (Å²) in [6, 6.07) is 10.7. The monoisotopic (exact) mass is 463 g/mol. The molecule has 32 heavy (non-hydrogen) atoms. The molecule has 0 atom stereocenters. The van der Waals surface area contributed by atoms with Crippen molar-refractivity contribution in [2.75, 3.05) is 20.1 Å². The Balaban J connectivity index is 0.000000278. The molecule has 180 valence electrons. The van der Waals surface area contributed by atoms with Crippen molar-refractivity contribution in [2.24, 2.45) is 9.98 Å². The van der Waals surface area contributed by atoms with Gasteiger partial charge in [-0.3, -0.25) is 0 Å². The number of rotatable bonds is 6. The van der Waals surface area contributed by atoms with Crippen LogP contribution in [-0.4, -0.2) is 61.7 Å². The van der Waals surface area contributed by atoms with Crippen molar-refractivity contribution in [3.05, 3.63) is 29.8 Å². The summed E-state index contributed by atoms with van der Waals surface area (Å²) >= 11 is 0. The molecular formula is C25H41N3O3S. The molecule has 3 rings (SSSR count). The molecule has 0 heterocycles. The number of hydrogen-bond acceptors (Lipinski definition) is 5. The molecule has 6 nitrogen and oxygen atoms in total. The number of aliphatic imine (C=N–C) groups is 2. The van der Waals surface area contributed by atoms with Crippen LogP contribution in [0.15, 0.2) is 39.1 Å². The Labute approximate surface area is 195 Å². The molecule has 2 saturated carbocycles. The summed E-state index contributed by atoms with van der Waals surface area (Å²) in [4.78, 5) is 9.00. The average molecular weight is 464 g/mol. The van der Waals surface area contributed by atoms with Crippen LogP contribution in [0.5, 0.6) is 0 Å². The van der Waals surface area contributed by atoms with Gasteiger partial charge in [0.25, 0.3) is 0 Å². The van der Waals surface area contributed by atoms with Gasteiger partial charge in [0.2, 0.25) is 0 Å². The Kier molecular flexibility index (Phi) is 10.6. The minimum atomic E-state index is -4.27. The Bertz CT molecular complexity index is 843. The molecule has 0 saturated heterocycles. The van der Waals surface area contributed by atoms with Gasteiger partial charge < -0.3 is 9.04 Å². The average Bonchev–Trinajstić information content (AvgIpc) is 2.80. The molecule has 1 aromatic carbocycles. The Morgan fingerprint density at radius 2 is 1.41 bits per heavy atom. The highest BCUT2D eigenvalue weighted by Crippen LogP contribution is 2.28. The second kappa shape index (κ2) is 12.6. The van der Waals surface area contributed by atoms with E-state index in [1.54, 1.807) is 12.1 Å². The minimum absolute atomic E-state index is 0.178. The normalized spacial score (nSPS) is 22.3. The molecule has 0 aromatic heterocycles. The van der Waals surface area contributed by atoms with E-state index in [0.717, 1.165) is 11.6 Å². The molecule has 2 aliphatic rings. The third-order valence-corrected chi connectivity index (χ3v) is 8.21. The largest absolute Gasteiger partial charge is 0.744 e. The van der Waals surface area contributed by atoms with Gasteiger partial charge in [0.05, 0.1) is 49.2 Å². The summed E-state index contributed by atoms with van der Waals surface area (Å²) in [5.41, 5.74) is 0.928. The third kappa shape index (κ3) is 8.43. The van der Waals surface area contributed by atoms with Crippen molar-refractivity contribution in [1.82, 2.24) is 0 Å². The van der Waals surface area contributed by atoms with Crippen molar-refractivity contribution in [3.8, 4) is 0 Å². The van der Waals surface area contributed by atoms with E-state index in [2.05, 4.69) is 36.9 Å². The summed E-state index contributed by atoms with van der Waals surface area (Å²) < 4.78 is 32.4. The zero-order valence-corrected chi connectivity index (χ0v) is 21.1. The van der Waals surface area contributed by atoms with Crippen LogP contribution in [-0.2, 0) is 10.1 Å². The number of nitrogens with zero attached hydrogens (tertiary/aromatic N) is 3. The summed E-state index contributed by atoms with van der Waals surface area (Å²) in [7, 11) is -1.85. The number of hydrogen-bond donors (Lipinski definition) is 0. The van der Waals surface area contributed by atoms with Gasteiger partial charge in [-0.1, -0.05) is 37.0 Å². The summed E-state index contributed by atoms with van der Waals surface area (Å²) in [5, 5.41) is 0. The molecule has 7 heteroatoms. The molecule has 1 aromatic rings. The summed E-state index contributed by atoms with van der Waals surface area (Å²) in [5.74, 6) is 0. The topological polar surface area (TPSA) is 81.9 Å². The van der Waals surface area contributed by atoms with E-state index in [4.69, 9.17) is 0 Å². The fraction of sp³-hybridized carbons (Fsp3) is 0.720. The van der Waals surface area contributed by atoms with Gasteiger partial charge in [-0.15, -0.1) is 0 Å². The minimum Gasteiger partial charge on any atom is -0.744 e. The predicted molar refractivity (Wildman–Crippen MR) is 129 cm³/mol. The zero-order valence-electron chi connectivity index (χ0n) is 20.3. The van der Waals surface area contributed by atoms with Crippen LogP contribution in [0.3, 0.4) is 0 Å². The van der Waals surface area contributed by atoms with E-state index in [0.29, 0.717) is 12.1 Å². The van der Waals surface area contributed by atoms with E-state index >= 15 is 0 Å². The molecule has 2 aliphatic carbocycles. The summed E-state index contributed by atoms with van der Waals surface area (Å²) in [6.07, 6.45) is 11.7. The molecule has 0 aliphatic heterocycles. The Morgan fingerprint density at radius 3 is 1.88 bits per heavy atom. The molecule has 0 N–H and O–H groups in total. The van der Waals surface area contributed by atoms with E-state index < -0.39 is 10.1 Å². The highest BCUT2D eigenvalue weighted by Gasteiger charge is 2.33. The Morgan fingerprint density at radius 1 is 0.906 bits per heavy atom. The lowest BCUT2D eigenvalue weighted by Crippen LogP contribution is -2.53. The van der Waals surface area contributed by atoms with Gasteiger partial charge in [-0.05, 0) is 58.6 Å². The van der Waals surface area contributed by atoms with Crippen molar-refractivity contribution in [3.63, 3.8) is 0 Å². The first-order chi connectivity index (χ1) is 15.2. The van der Waals surface area contributed by atoms with E-state index in [1.807, 2.05) is 6.92 Å². The second-order valence-electron chi connectivity index (χ2n) is 9.49. The van der Waals surface area contributed by atoms with Crippen LogP contribution in [0.1, 0.15) is 77.2 Å². The first kappa shape index (κ1) is 26.7. The Hall–Kier alpha value is -1.53. The smallest absolute Gasteiger partial charge is 0.124 e. The maximum absolute atomic E-state index is 10.4. The van der Waals surface area contributed by atoms with Crippen LogP contribution in [0.2, 0.25) is 0 Å². The molecule has 2 fully saturated rings. The zero-order chi connectivity index (χ0) is 23.6. The van der Waals surface area contributed by atoms with Gasteiger partial charge in [0.1, 0.15) is 10.1 Å². The van der Waals surface area contributed by atoms with Crippen LogP contribution < -0.4 is 0 Å². The molecular weight excluding hydrogens is 422 g/mol. The lowest BCUT2D eigenvalue weighted by molar-refractivity contribution is -0.931. The van der Waals surface area contributed by atoms with Crippen molar-refractivity contribution in [1.29, 1.82) is 0 Å². The maximum atomic E-state index is 10.4. The highest BCUT2D eigenvalue weighted by molar-refractivity contribution is 7.85. The van der Waals surface area contributed by atoms with Gasteiger partial charge in [0, 0.05) is 12.8 Å². The van der Waals surface area contributed by atoms with Crippen LogP contribution >= 0.6 is 0 Å². The number of benzene rings is 1. The second-order valence-corrected chi connectivity index (χ2v) is 10.9. The quantitative estimate of drug-likeness (QED) is 0.331. The fourth-order valence-electron chi connectivity index (χ4n) is 4.66. The van der Waals surface area contributed by atoms with E-state index in [9.17, 15) is 13.0 Å². The molecule has 0 amide bonds. The molecule has 0 spiro atoms. The van der Waals surface area contributed by atoms with Crippen molar-refractivity contribution < 1.29 is 17.5 Å². The van der Waals surface area contributed by atoms with Crippen molar-refractivity contribution >= 4 is 16.1 Å². The SMILES string of the molecule is CC[N+](C)(CC)C1CCC(N=C=NC2CCCCC2)CC1.Cc1ccc(S(=O)(=O)[O-])cc1. The highest BCUT2D eigenvalue weighted by atomic mass is 32.2. The lowest BCUT2D eigenvalue weighted by Gasteiger charge is -2.42. The molecule has 0 radical (unpaired) electrons. The summed E-state index contributed by atoms with van der Waals surface area (Å²) in [6.45, 7) is 8.97. The van der Waals surface area contributed by atoms with E-state index in [-0.39, 0.29) is 4.90 Å². The maximum Gasteiger partial charge on any atom is 0.124 e. The van der Waals surface area contributed by atoms with Gasteiger partial charge >= 0.3 is 0 Å². The lowest BCUT2D eigenvalue weighted by atomic mass is 9.89. The van der Waals surface area contributed by atoms with Gasteiger partial charge in [-0.25, -0.2) is 18.4 Å². The van der Waals surface area contributed by atoms with Crippen LogP contribution in [0.4, 0.5) is 0 Å². The molecule has 0 unspecified atom stereocenters. The standard InChI is InChI=1S/C18H34N3.C7H8O3S/c1-4-21(3,5-2)18-13-11-17(12-14-18)20-15-19-16-9-7-6-8-10-16;1-6-2-4-7(5-3-6)11(8,9)10/h16-18H,4-14H2,1-3H3;2-5H,1H3,(H,8,9,10)/q+1;/p-1. The van der Waals surface area contributed by atoms with Crippen LogP contribution in [0.25, 0.3) is 0 Å². The first-order valence-corrected chi connectivity index (χ1v) is 13.6. The third-order valence-electron chi connectivity index (χ3n) is 7.36. The number of aryl methyl sites for hydroxylation is 1. The van der Waals surface area contributed by atoms with Crippen molar-refractivity contribution in [2.45, 2.75) is 102 Å². The molecule has 0 bridgehead atoms. The number of quaternary nitrogens is 1. The fourth-order valence-corrected chi connectivity index (χ4v) is 5.13. The van der Waals surface area contributed by atoms with E-state index in [1.165, 1.54) is 87.5 Å². The van der Waals surface area contributed by atoms with Crippen LogP contribution in [0, 0.1) is 6.92 Å². The predicted octanol–water partition coefficient (Wildman–Crippen LogP) is 5.19. The first-order valence-electron chi connectivity index (χ1n) is 12.2.